The van der Waals surface area contributed by atoms with Gasteiger partial charge in [-0.1, -0.05) is 0 Å². The first-order chi connectivity index (χ1) is 3.21. The van der Waals surface area contributed by atoms with Gasteiger partial charge < -0.3 is 0 Å². The molecule has 0 N–H and O–H groups in total. The van der Waals surface area contributed by atoms with Crippen LogP contribution in [0.3, 0.4) is 0 Å². The molecule has 0 saturated carbocycles. The van der Waals surface area contributed by atoms with Crippen molar-refractivity contribution in [2.75, 3.05) is 13.2 Å². The van der Waals surface area contributed by atoms with Gasteiger partial charge >= 0.3 is 0 Å². The van der Waals surface area contributed by atoms with Gasteiger partial charge in [-0.05, 0) is 0 Å². The summed E-state index contributed by atoms with van der Waals surface area (Å²) < 4.78 is 9.66. The summed E-state index contributed by atoms with van der Waals surface area (Å²) in [5.74, 6) is 0. The summed E-state index contributed by atoms with van der Waals surface area (Å²) in [7, 11) is -1.88. The minimum atomic E-state index is -1.88. The summed E-state index contributed by atoms with van der Waals surface area (Å²) in [6.45, 7) is 1.14. The van der Waals surface area contributed by atoms with Crippen molar-refractivity contribution in [2.24, 2.45) is 0 Å². The van der Waals surface area contributed by atoms with E-state index in [1.165, 1.54) is 0 Å². The Morgan fingerprint density at radius 3 is 1.44 bits per heavy atom. The van der Waals surface area contributed by atoms with Crippen molar-refractivity contribution >= 4 is 89.2 Å². The van der Waals surface area contributed by atoms with Gasteiger partial charge in [0.2, 0.25) is 0 Å². The fourth-order valence-electron chi connectivity index (χ4n) is 0.306. The van der Waals surface area contributed by atoms with Gasteiger partial charge in [0.15, 0.2) is 0 Å². The Morgan fingerprint density at radius 1 is 1.00 bits per heavy atom. The van der Waals surface area contributed by atoms with Crippen molar-refractivity contribution in [1.82, 2.24) is 0 Å². The van der Waals surface area contributed by atoms with Crippen LogP contribution in [0.5, 0.6) is 0 Å². The van der Waals surface area contributed by atoms with E-state index in [0.29, 0.717) is 13.2 Å². The van der Waals surface area contributed by atoms with E-state index < -0.39 is 7.71 Å². The fraction of sp³-hybridized carbons (Fsp3) is 1.00. The molecule has 7 heteroatoms. The zero-order valence-corrected chi connectivity index (χ0v) is 11.9. The van der Waals surface area contributed by atoms with Crippen LogP contribution in [-0.4, -0.2) is 72.3 Å². The Morgan fingerprint density at radius 2 is 1.33 bits per heavy atom. The molecular formula is C2H4Na2O2S3. The Hall–Kier alpha value is 2.71. The predicted octanol–water partition coefficient (Wildman–Crippen LogP) is -0.821. The van der Waals surface area contributed by atoms with E-state index in [1.807, 2.05) is 0 Å². The zero-order chi connectivity index (χ0) is 5.33. The normalized spacial score (nSPS) is 21.8. The molecule has 0 aromatic rings. The Bertz CT molecular complexity index is 141. The molecule has 0 aromatic heterocycles. The van der Waals surface area contributed by atoms with Gasteiger partial charge in [0, 0.05) is 81.5 Å². The number of hydrogen-bond acceptors (Lipinski definition) is 4. The molecule has 0 bridgehead atoms. The number of rotatable bonds is 0. The van der Waals surface area contributed by atoms with Gasteiger partial charge in [-0.15, -0.1) is 0 Å². The Balaban J connectivity index is 0. The van der Waals surface area contributed by atoms with E-state index in [1.54, 1.807) is 0 Å². The largest absolute Gasteiger partial charge is 0.288 e. The van der Waals surface area contributed by atoms with E-state index >= 15 is 0 Å². The third-order valence-electron chi connectivity index (χ3n) is 0.539. The average Bonchev–Trinajstić information content (AvgIpc) is 1.84. The maximum atomic E-state index is 4.83. The van der Waals surface area contributed by atoms with E-state index in [-0.39, 0.29) is 59.1 Å². The molecule has 0 spiro atoms. The van der Waals surface area contributed by atoms with Crippen LogP contribution in [0.25, 0.3) is 0 Å². The zero-order valence-electron chi connectivity index (χ0n) is 5.46. The molecule has 1 aliphatic rings. The third-order valence-corrected chi connectivity index (χ3v) is 2.60. The van der Waals surface area contributed by atoms with Crippen LogP contribution in [0.15, 0.2) is 0 Å². The first kappa shape index (κ1) is 14.2. The standard InChI is InChI=1S/C2H4O2S3.2Na/c5-7(6)3-1-2-4-7;;/h1-2H2;;. The molecule has 1 heterocycles. The first-order valence-corrected chi connectivity index (χ1v) is 5.08. The summed E-state index contributed by atoms with van der Waals surface area (Å²) in [6.07, 6.45) is 0. The molecule has 0 atom stereocenters. The monoisotopic (exact) mass is 202 g/mol. The topological polar surface area (TPSA) is 18.5 Å². The molecule has 2 nitrogen and oxygen atoms in total. The molecular weight excluding hydrogens is 198 g/mol. The van der Waals surface area contributed by atoms with E-state index in [9.17, 15) is 0 Å². The summed E-state index contributed by atoms with van der Waals surface area (Å²) >= 11 is 9.32. The van der Waals surface area contributed by atoms with Crippen molar-refractivity contribution in [3.05, 3.63) is 0 Å². The molecule has 9 heavy (non-hydrogen) atoms. The molecule has 0 amide bonds. The van der Waals surface area contributed by atoms with E-state index in [0.717, 1.165) is 0 Å². The van der Waals surface area contributed by atoms with Crippen LogP contribution in [-0.2, 0) is 38.5 Å². The van der Waals surface area contributed by atoms with Gasteiger partial charge in [0.25, 0.3) is 0 Å². The summed E-state index contributed by atoms with van der Waals surface area (Å²) in [6, 6.07) is 0. The van der Waals surface area contributed by atoms with Gasteiger partial charge in [0.05, 0.1) is 13.2 Å². The molecule has 2 radical (unpaired) electrons. The predicted molar refractivity (Wildman–Crippen MR) is 45.5 cm³/mol. The fourth-order valence-corrected chi connectivity index (χ4v) is 1.74. The maximum Gasteiger partial charge on any atom is 0.137 e. The van der Waals surface area contributed by atoms with Crippen LogP contribution >= 0.6 is 0 Å². The minimum absolute atomic E-state index is 0. The van der Waals surface area contributed by atoms with Crippen molar-refractivity contribution in [1.29, 1.82) is 0 Å². The van der Waals surface area contributed by atoms with Crippen LogP contribution in [0.1, 0.15) is 0 Å². The average molecular weight is 202 g/mol. The molecule has 0 aliphatic carbocycles. The second-order valence-electron chi connectivity index (χ2n) is 1.05. The van der Waals surface area contributed by atoms with Crippen LogP contribution < -0.4 is 0 Å². The quantitative estimate of drug-likeness (QED) is 0.478. The van der Waals surface area contributed by atoms with Gasteiger partial charge in [-0.25, -0.2) is 0 Å². The summed E-state index contributed by atoms with van der Waals surface area (Å²) in [5, 5.41) is 0. The van der Waals surface area contributed by atoms with Crippen molar-refractivity contribution in [3.8, 4) is 0 Å². The summed E-state index contributed by atoms with van der Waals surface area (Å²) in [4.78, 5) is 0. The van der Waals surface area contributed by atoms with Gasteiger partial charge in [-0.2, -0.15) is 0 Å². The molecule has 1 saturated heterocycles. The molecule has 1 aliphatic heterocycles. The van der Waals surface area contributed by atoms with Crippen molar-refractivity contribution in [3.63, 3.8) is 0 Å². The van der Waals surface area contributed by atoms with Crippen LogP contribution in [0, 0.1) is 0 Å². The van der Waals surface area contributed by atoms with Crippen molar-refractivity contribution in [2.45, 2.75) is 0 Å². The smallest absolute Gasteiger partial charge is 0.137 e. The molecule has 0 aromatic carbocycles. The van der Waals surface area contributed by atoms with Crippen molar-refractivity contribution < 1.29 is 8.37 Å². The molecule has 0 unspecified atom stereocenters. The second kappa shape index (κ2) is 6.25. The minimum Gasteiger partial charge on any atom is -0.288 e. The SMILES string of the molecule is S=S1(=S)OCCO1.[Na].[Na]. The van der Waals surface area contributed by atoms with E-state index in [2.05, 4.69) is 22.4 Å². The number of hydrogen-bond donors (Lipinski definition) is 0. The van der Waals surface area contributed by atoms with Gasteiger partial charge in [0.1, 0.15) is 7.71 Å². The summed E-state index contributed by atoms with van der Waals surface area (Å²) in [5.41, 5.74) is 0. The Labute approximate surface area is 109 Å². The third kappa shape index (κ3) is 5.93. The van der Waals surface area contributed by atoms with Gasteiger partial charge in [-0.3, -0.25) is 8.37 Å². The molecule has 1 rings (SSSR count). The maximum absolute atomic E-state index is 4.83. The second-order valence-corrected chi connectivity index (χ2v) is 5.61. The van der Waals surface area contributed by atoms with Crippen LogP contribution in [0.4, 0.5) is 0 Å². The van der Waals surface area contributed by atoms with Crippen LogP contribution in [0.2, 0.25) is 0 Å². The molecule has 44 valence electrons. The Kier molecular flexibility index (Phi) is 9.89. The first-order valence-electron chi connectivity index (χ1n) is 1.74. The molecule has 1 fully saturated rings. The van der Waals surface area contributed by atoms with E-state index in [4.69, 9.17) is 8.37 Å².